The van der Waals surface area contributed by atoms with Crippen molar-refractivity contribution in [3.63, 3.8) is 0 Å². The Morgan fingerprint density at radius 2 is 1.51 bits per heavy atom. The van der Waals surface area contributed by atoms with Crippen molar-refractivity contribution < 1.29 is 9.53 Å². The van der Waals surface area contributed by atoms with Gasteiger partial charge in [-0.1, -0.05) is 78.9 Å². The number of para-hydroxylation sites is 1. The fourth-order valence-electron chi connectivity index (χ4n) is 3.63. The van der Waals surface area contributed by atoms with E-state index < -0.39 is 0 Å². The van der Waals surface area contributed by atoms with Crippen molar-refractivity contribution in [3.05, 3.63) is 113 Å². The normalized spacial score (nSPS) is 10.4. The maximum absolute atomic E-state index is 13.0. The molecule has 4 rings (SSSR count). The molecule has 35 heavy (non-hydrogen) atoms. The molecule has 3 aromatic carbocycles. The molecule has 7 nitrogen and oxygen atoms in total. The van der Waals surface area contributed by atoms with E-state index in [0.29, 0.717) is 37.0 Å². The standard InChI is InChI=1S/C28H29N5O2/c1-35-25-15-9-8-14-23(25)19-31-28-32-20-24(27(34)30-18-22-12-6-3-7-13-22)26(33-28)29-17-16-21-10-4-2-5-11-21/h2-15,20H,16-19H2,1H3,(H,30,34)(H2,29,31,32,33). The number of aromatic nitrogens is 2. The predicted octanol–water partition coefficient (Wildman–Crippen LogP) is 4.68. The Labute approximate surface area is 205 Å². The molecule has 0 bridgehead atoms. The number of anilines is 2. The molecule has 1 amide bonds. The van der Waals surface area contributed by atoms with Gasteiger partial charge in [-0.2, -0.15) is 4.98 Å². The lowest BCUT2D eigenvalue weighted by atomic mass is 10.1. The van der Waals surface area contributed by atoms with E-state index in [9.17, 15) is 4.79 Å². The lowest BCUT2D eigenvalue weighted by Gasteiger charge is -2.14. The molecule has 3 N–H and O–H groups in total. The maximum Gasteiger partial charge on any atom is 0.256 e. The Bertz CT molecular complexity index is 1230. The summed E-state index contributed by atoms with van der Waals surface area (Å²) in [6.07, 6.45) is 2.36. The number of rotatable bonds is 11. The van der Waals surface area contributed by atoms with E-state index in [1.807, 2.05) is 72.8 Å². The first-order chi connectivity index (χ1) is 17.2. The fraction of sp³-hybridized carbons (Fsp3) is 0.179. The van der Waals surface area contributed by atoms with Gasteiger partial charge in [-0.05, 0) is 23.6 Å². The van der Waals surface area contributed by atoms with Crippen LogP contribution in [0.15, 0.2) is 91.1 Å². The van der Waals surface area contributed by atoms with Gasteiger partial charge in [-0.25, -0.2) is 4.98 Å². The zero-order valence-electron chi connectivity index (χ0n) is 19.7. The third kappa shape index (κ3) is 6.80. The monoisotopic (exact) mass is 467 g/mol. The molecule has 1 heterocycles. The number of ether oxygens (including phenoxy) is 1. The van der Waals surface area contributed by atoms with Gasteiger partial charge in [0.25, 0.3) is 5.91 Å². The lowest BCUT2D eigenvalue weighted by molar-refractivity contribution is 0.0951. The fourth-order valence-corrected chi connectivity index (χ4v) is 3.63. The van der Waals surface area contributed by atoms with E-state index in [0.717, 1.165) is 23.3 Å². The van der Waals surface area contributed by atoms with Crippen LogP contribution in [0.3, 0.4) is 0 Å². The summed E-state index contributed by atoms with van der Waals surface area (Å²) < 4.78 is 5.42. The SMILES string of the molecule is COc1ccccc1CNc1ncc(C(=O)NCc2ccccc2)c(NCCc2ccccc2)n1. The molecular formula is C28H29N5O2. The molecule has 0 fully saturated rings. The number of nitrogens with one attached hydrogen (secondary N) is 3. The molecule has 0 saturated heterocycles. The van der Waals surface area contributed by atoms with Crippen LogP contribution in [0.1, 0.15) is 27.0 Å². The summed E-state index contributed by atoms with van der Waals surface area (Å²) in [5.41, 5.74) is 3.62. The minimum absolute atomic E-state index is 0.229. The van der Waals surface area contributed by atoms with E-state index in [1.54, 1.807) is 13.3 Å². The van der Waals surface area contributed by atoms with Crippen LogP contribution >= 0.6 is 0 Å². The second-order valence-corrected chi connectivity index (χ2v) is 7.95. The molecule has 178 valence electrons. The summed E-state index contributed by atoms with van der Waals surface area (Å²) in [6, 6.07) is 27.8. The molecule has 0 unspecified atom stereocenters. The minimum Gasteiger partial charge on any atom is -0.496 e. The highest BCUT2D eigenvalue weighted by molar-refractivity contribution is 5.98. The van der Waals surface area contributed by atoms with Crippen LogP contribution in [0.25, 0.3) is 0 Å². The van der Waals surface area contributed by atoms with Gasteiger partial charge in [-0.15, -0.1) is 0 Å². The molecule has 0 spiro atoms. The number of methoxy groups -OCH3 is 1. The molecule has 7 heteroatoms. The van der Waals surface area contributed by atoms with Gasteiger partial charge in [0.15, 0.2) is 0 Å². The van der Waals surface area contributed by atoms with Crippen LogP contribution in [0.4, 0.5) is 11.8 Å². The number of hydrogen-bond acceptors (Lipinski definition) is 6. The second kappa shape index (κ2) is 12.2. The van der Waals surface area contributed by atoms with E-state index in [2.05, 4.69) is 38.1 Å². The Hall–Kier alpha value is -4.39. The van der Waals surface area contributed by atoms with Gasteiger partial charge >= 0.3 is 0 Å². The number of amides is 1. The molecule has 0 atom stereocenters. The summed E-state index contributed by atoms with van der Waals surface area (Å²) in [7, 11) is 1.65. The smallest absolute Gasteiger partial charge is 0.256 e. The highest BCUT2D eigenvalue weighted by Gasteiger charge is 2.15. The Balaban J connectivity index is 1.48. The van der Waals surface area contributed by atoms with Crippen LogP contribution in [0, 0.1) is 0 Å². The zero-order chi connectivity index (χ0) is 24.3. The number of benzene rings is 3. The van der Waals surface area contributed by atoms with Gasteiger partial charge < -0.3 is 20.7 Å². The molecule has 0 aliphatic carbocycles. The van der Waals surface area contributed by atoms with Gasteiger partial charge in [0.2, 0.25) is 5.95 Å². The Morgan fingerprint density at radius 3 is 2.26 bits per heavy atom. The van der Waals surface area contributed by atoms with Crippen LogP contribution in [0.5, 0.6) is 5.75 Å². The van der Waals surface area contributed by atoms with E-state index in [-0.39, 0.29) is 5.91 Å². The third-order valence-electron chi connectivity index (χ3n) is 5.51. The van der Waals surface area contributed by atoms with Gasteiger partial charge in [0, 0.05) is 31.4 Å². The first kappa shape index (κ1) is 23.8. The van der Waals surface area contributed by atoms with E-state index >= 15 is 0 Å². The van der Waals surface area contributed by atoms with Crippen LogP contribution in [-0.4, -0.2) is 29.5 Å². The van der Waals surface area contributed by atoms with Crippen molar-refractivity contribution in [1.82, 2.24) is 15.3 Å². The average Bonchev–Trinajstić information content (AvgIpc) is 2.92. The molecule has 1 aromatic heterocycles. The van der Waals surface area contributed by atoms with Crippen molar-refractivity contribution >= 4 is 17.7 Å². The first-order valence-corrected chi connectivity index (χ1v) is 11.6. The van der Waals surface area contributed by atoms with Gasteiger partial charge in [0.1, 0.15) is 17.1 Å². The number of carbonyl (C=O) groups excluding carboxylic acids is 1. The topological polar surface area (TPSA) is 88.2 Å². The Morgan fingerprint density at radius 1 is 0.829 bits per heavy atom. The molecule has 0 aliphatic rings. The number of carbonyl (C=O) groups is 1. The van der Waals surface area contributed by atoms with Crippen molar-refractivity contribution in [2.75, 3.05) is 24.3 Å². The van der Waals surface area contributed by atoms with Crippen molar-refractivity contribution in [3.8, 4) is 5.75 Å². The van der Waals surface area contributed by atoms with Gasteiger partial charge in [0.05, 0.1) is 7.11 Å². The first-order valence-electron chi connectivity index (χ1n) is 11.6. The van der Waals surface area contributed by atoms with Crippen molar-refractivity contribution in [1.29, 1.82) is 0 Å². The Kier molecular flexibility index (Phi) is 8.27. The number of hydrogen-bond donors (Lipinski definition) is 3. The maximum atomic E-state index is 13.0. The zero-order valence-corrected chi connectivity index (χ0v) is 19.7. The van der Waals surface area contributed by atoms with Crippen LogP contribution in [0.2, 0.25) is 0 Å². The summed E-state index contributed by atoms with van der Waals surface area (Å²) in [5.74, 6) is 1.48. The van der Waals surface area contributed by atoms with E-state index in [4.69, 9.17) is 4.74 Å². The molecule has 0 aliphatic heterocycles. The molecule has 0 radical (unpaired) electrons. The second-order valence-electron chi connectivity index (χ2n) is 7.95. The molecular weight excluding hydrogens is 438 g/mol. The summed E-state index contributed by atoms with van der Waals surface area (Å²) >= 11 is 0. The highest BCUT2D eigenvalue weighted by atomic mass is 16.5. The molecule has 0 saturated carbocycles. The molecule has 4 aromatic rings. The quantitative estimate of drug-likeness (QED) is 0.297. The van der Waals surface area contributed by atoms with Crippen molar-refractivity contribution in [2.24, 2.45) is 0 Å². The van der Waals surface area contributed by atoms with E-state index in [1.165, 1.54) is 5.56 Å². The summed E-state index contributed by atoms with van der Waals surface area (Å²) in [5, 5.41) is 9.52. The predicted molar refractivity (Wildman–Crippen MR) is 139 cm³/mol. The summed E-state index contributed by atoms with van der Waals surface area (Å²) in [6.45, 7) is 1.55. The van der Waals surface area contributed by atoms with Crippen LogP contribution < -0.4 is 20.7 Å². The van der Waals surface area contributed by atoms with Crippen LogP contribution in [-0.2, 0) is 19.5 Å². The van der Waals surface area contributed by atoms with Gasteiger partial charge in [-0.3, -0.25) is 4.79 Å². The third-order valence-corrected chi connectivity index (χ3v) is 5.51. The summed E-state index contributed by atoms with van der Waals surface area (Å²) in [4.78, 5) is 22.0. The lowest BCUT2D eigenvalue weighted by Crippen LogP contribution is -2.25. The highest BCUT2D eigenvalue weighted by Crippen LogP contribution is 2.19. The van der Waals surface area contributed by atoms with Crippen molar-refractivity contribution in [2.45, 2.75) is 19.5 Å². The largest absolute Gasteiger partial charge is 0.496 e. The average molecular weight is 468 g/mol. The minimum atomic E-state index is -0.229. The number of nitrogens with zero attached hydrogens (tertiary/aromatic N) is 2.